The lowest BCUT2D eigenvalue weighted by molar-refractivity contribution is -0.119. The Morgan fingerprint density at radius 2 is 1.92 bits per heavy atom. The summed E-state index contributed by atoms with van der Waals surface area (Å²) in [5.41, 5.74) is 0. The lowest BCUT2D eigenvalue weighted by Crippen LogP contribution is -2.25. The summed E-state index contributed by atoms with van der Waals surface area (Å²) >= 11 is 0. The van der Waals surface area contributed by atoms with Crippen molar-refractivity contribution in [2.24, 2.45) is 5.92 Å². The molecule has 0 aromatic carbocycles. The number of carbonyl (C=O) groups is 1. The Kier molecular flexibility index (Phi) is 2.80. The molecule has 0 aliphatic heterocycles. The molecule has 0 radical (unpaired) electrons. The molecule has 1 saturated carbocycles. The fourth-order valence-electron chi connectivity index (χ4n) is 1.71. The van der Waals surface area contributed by atoms with Crippen LogP contribution in [0.4, 0.5) is 8.78 Å². The molecule has 0 spiro atoms. The quantitative estimate of drug-likeness (QED) is 0.632. The van der Waals surface area contributed by atoms with Crippen LogP contribution < -0.4 is 0 Å². The summed E-state index contributed by atoms with van der Waals surface area (Å²) in [6.07, 6.45) is 1.42. The summed E-state index contributed by atoms with van der Waals surface area (Å²) < 4.78 is 25.3. The number of halogens is 2. The zero-order valence-corrected chi connectivity index (χ0v) is 7.28. The maximum Gasteiger partial charge on any atom is 0.248 e. The van der Waals surface area contributed by atoms with Crippen LogP contribution in [0.1, 0.15) is 39.0 Å². The van der Waals surface area contributed by atoms with E-state index in [0.717, 1.165) is 0 Å². The summed E-state index contributed by atoms with van der Waals surface area (Å²) in [5.74, 6) is -2.14. The Balaban J connectivity index is 2.31. The maximum absolute atomic E-state index is 12.6. The zero-order chi connectivity index (χ0) is 9.19. The third kappa shape index (κ3) is 2.88. The van der Waals surface area contributed by atoms with E-state index in [0.29, 0.717) is 19.3 Å². The zero-order valence-electron chi connectivity index (χ0n) is 7.28. The van der Waals surface area contributed by atoms with Gasteiger partial charge in [0, 0.05) is 19.3 Å². The summed E-state index contributed by atoms with van der Waals surface area (Å²) in [6.45, 7) is 1.52. The largest absolute Gasteiger partial charge is 0.300 e. The molecule has 70 valence electrons. The normalized spacial score (nSPS) is 23.9. The summed E-state index contributed by atoms with van der Waals surface area (Å²) in [6, 6.07) is 0. The van der Waals surface area contributed by atoms with Gasteiger partial charge in [-0.05, 0) is 25.7 Å². The second-order valence-corrected chi connectivity index (χ2v) is 3.71. The third-order valence-corrected chi connectivity index (χ3v) is 2.41. The fourth-order valence-corrected chi connectivity index (χ4v) is 1.71. The average Bonchev–Trinajstić information content (AvgIpc) is 1.93. The van der Waals surface area contributed by atoms with E-state index in [2.05, 4.69) is 0 Å². The molecule has 1 rings (SSSR count). The van der Waals surface area contributed by atoms with E-state index in [1.54, 1.807) is 0 Å². The number of ketones is 1. The van der Waals surface area contributed by atoms with E-state index in [-0.39, 0.29) is 24.5 Å². The first-order valence-electron chi connectivity index (χ1n) is 4.37. The Hall–Kier alpha value is -0.470. The van der Waals surface area contributed by atoms with Crippen molar-refractivity contribution in [2.45, 2.75) is 45.0 Å². The molecule has 12 heavy (non-hydrogen) atoms. The number of rotatable bonds is 2. The van der Waals surface area contributed by atoms with Crippen molar-refractivity contribution >= 4 is 5.78 Å². The van der Waals surface area contributed by atoms with Crippen molar-refractivity contribution in [2.75, 3.05) is 0 Å². The van der Waals surface area contributed by atoms with Crippen LogP contribution in [0.3, 0.4) is 0 Å². The average molecular weight is 176 g/mol. The molecule has 1 aliphatic carbocycles. The topological polar surface area (TPSA) is 17.1 Å². The minimum Gasteiger partial charge on any atom is -0.300 e. The third-order valence-electron chi connectivity index (χ3n) is 2.41. The van der Waals surface area contributed by atoms with E-state index >= 15 is 0 Å². The van der Waals surface area contributed by atoms with Gasteiger partial charge in [-0.3, -0.25) is 0 Å². The van der Waals surface area contributed by atoms with Crippen molar-refractivity contribution in [3.8, 4) is 0 Å². The van der Waals surface area contributed by atoms with Crippen LogP contribution in [0, 0.1) is 5.92 Å². The second-order valence-electron chi connectivity index (χ2n) is 3.71. The van der Waals surface area contributed by atoms with E-state index in [9.17, 15) is 13.6 Å². The highest BCUT2D eigenvalue weighted by Crippen LogP contribution is 2.37. The van der Waals surface area contributed by atoms with Gasteiger partial charge in [0.2, 0.25) is 5.92 Å². The highest BCUT2D eigenvalue weighted by Gasteiger charge is 2.34. The Morgan fingerprint density at radius 3 is 2.33 bits per heavy atom. The van der Waals surface area contributed by atoms with Gasteiger partial charge in [-0.15, -0.1) is 0 Å². The molecule has 0 bridgehead atoms. The molecular weight excluding hydrogens is 162 g/mol. The van der Waals surface area contributed by atoms with Crippen LogP contribution in [-0.2, 0) is 4.79 Å². The highest BCUT2D eigenvalue weighted by molar-refractivity contribution is 5.75. The Bertz CT molecular complexity index is 167. The summed E-state index contributed by atoms with van der Waals surface area (Å²) in [7, 11) is 0. The van der Waals surface area contributed by atoms with Crippen LogP contribution in [0.5, 0.6) is 0 Å². The molecule has 1 nitrogen and oxygen atoms in total. The van der Waals surface area contributed by atoms with Gasteiger partial charge in [0.15, 0.2) is 0 Å². The first-order chi connectivity index (χ1) is 5.49. The number of hydrogen-bond donors (Lipinski definition) is 0. The van der Waals surface area contributed by atoms with Crippen molar-refractivity contribution < 1.29 is 13.6 Å². The van der Waals surface area contributed by atoms with Crippen molar-refractivity contribution in [1.82, 2.24) is 0 Å². The standard InChI is InChI=1S/C9H14F2O/c1-7(12)6-8-2-4-9(10,11)5-3-8/h8H,2-6H2,1H3. The maximum atomic E-state index is 12.6. The van der Waals surface area contributed by atoms with Gasteiger partial charge < -0.3 is 4.79 Å². The molecule has 1 aliphatic rings. The molecule has 0 atom stereocenters. The molecule has 0 aromatic heterocycles. The van der Waals surface area contributed by atoms with Crippen LogP contribution in [-0.4, -0.2) is 11.7 Å². The number of hydrogen-bond acceptors (Lipinski definition) is 1. The molecule has 0 heterocycles. The van der Waals surface area contributed by atoms with Gasteiger partial charge in [0.25, 0.3) is 0 Å². The first kappa shape index (κ1) is 9.62. The van der Waals surface area contributed by atoms with Gasteiger partial charge in [-0.1, -0.05) is 0 Å². The minimum atomic E-state index is -2.46. The van der Waals surface area contributed by atoms with Crippen LogP contribution in [0.2, 0.25) is 0 Å². The Morgan fingerprint density at radius 1 is 1.42 bits per heavy atom. The number of Topliss-reactive ketones (excluding diaryl/α,β-unsaturated/α-hetero) is 1. The molecule has 0 saturated heterocycles. The van der Waals surface area contributed by atoms with Gasteiger partial charge in [0.1, 0.15) is 5.78 Å². The molecule has 1 fully saturated rings. The molecule has 0 unspecified atom stereocenters. The van der Waals surface area contributed by atoms with Gasteiger partial charge in [-0.2, -0.15) is 0 Å². The minimum absolute atomic E-state index is 0.0368. The van der Waals surface area contributed by atoms with E-state index in [1.165, 1.54) is 6.92 Å². The van der Waals surface area contributed by atoms with E-state index < -0.39 is 5.92 Å². The molecular formula is C9H14F2O. The highest BCUT2D eigenvalue weighted by atomic mass is 19.3. The van der Waals surface area contributed by atoms with Crippen molar-refractivity contribution in [3.63, 3.8) is 0 Å². The molecule has 3 heteroatoms. The molecule has 0 aromatic rings. The first-order valence-corrected chi connectivity index (χ1v) is 4.37. The van der Waals surface area contributed by atoms with E-state index in [1.807, 2.05) is 0 Å². The predicted octanol–water partition coefficient (Wildman–Crippen LogP) is 2.79. The number of carbonyl (C=O) groups excluding carboxylic acids is 1. The van der Waals surface area contributed by atoms with E-state index in [4.69, 9.17) is 0 Å². The smallest absolute Gasteiger partial charge is 0.248 e. The van der Waals surface area contributed by atoms with Gasteiger partial charge >= 0.3 is 0 Å². The van der Waals surface area contributed by atoms with Crippen molar-refractivity contribution in [3.05, 3.63) is 0 Å². The fraction of sp³-hybridized carbons (Fsp3) is 0.889. The number of alkyl halides is 2. The second kappa shape index (κ2) is 3.50. The van der Waals surface area contributed by atoms with Crippen LogP contribution >= 0.6 is 0 Å². The van der Waals surface area contributed by atoms with Crippen LogP contribution in [0.25, 0.3) is 0 Å². The van der Waals surface area contributed by atoms with Gasteiger partial charge in [-0.25, -0.2) is 8.78 Å². The van der Waals surface area contributed by atoms with Gasteiger partial charge in [0.05, 0.1) is 0 Å². The molecule has 0 N–H and O–H groups in total. The predicted molar refractivity (Wildman–Crippen MR) is 42.2 cm³/mol. The Labute approximate surface area is 71.1 Å². The molecule has 0 amide bonds. The van der Waals surface area contributed by atoms with Crippen molar-refractivity contribution in [1.29, 1.82) is 0 Å². The SMILES string of the molecule is CC(=O)CC1CCC(F)(F)CC1. The lowest BCUT2D eigenvalue weighted by atomic mass is 9.84. The lowest BCUT2D eigenvalue weighted by Gasteiger charge is -2.27. The summed E-state index contributed by atoms with van der Waals surface area (Å²) in [5, 5.41) is 0. The summed E-state index contributed by atoms with van der Waals surface area (Å²) in [4.78, 5) is 10.7. The monoisotopic (exact) mass is 176 g/mol. The van der Waals surface area contributed by atoms with Crippen LogP contribution in [0.15, 0.2) is 0 Å².